The molecule has 1 nitrogen and oxygen atoms in total. The van der Waals surface area contributed by atoms with Crippen LogP contribution in [0.5, 0.6) is 0 Å². The first-order valence-electron chi connectivity index (χ1n) is 4.65. The predicted octanol–water partition coefficient (Wildman–Crippen LogP) is 3.20. The van der Waals surface area contributed by atoms with Gasteiger partial charge in [0.15, 0.2) is 0 Å². The molecule has 1 aromatic carbocycles. The van der Waals surface area contributed by atoms with Gasteiger partial charge in [-0.1, -0.05) is 6.07 Å². The zero-order valence-corrected chi connectivity index (χ0v) is 8.49. The first-order chi connectivity index (χ1) is 7.80. The summed E-state index contributed by atoms with van der Waals surface area (Å²) in [6.45, 7) is -1.10. The fourth-order valence-electron chi connectivity index (χ4n) is 1.28. The standard InChI is InChI=1S/C10H9F6N/c11-7-2-1-6(4-17-5-9(12)13)8(3-7)10(14,15)16/h1-3,9,17H,4-5H2. The highest BCUT2D eigenvalue weighted by atomic mass is 19.4. The van der Waals surface area contributed by atoms with Crippen LogP contribution in [0.2, 0.25) is 0 Å². The fourth-order valence-corrected chi connectivity index (χ4v) is 1.28. The Morgan fingerprint density at radius 1 is 1.18 bits per heavy atom. The second-order valence-corrected chi connectivity index (χ2v) is 3.32. The van der Waals surface area contributed by atoms with Crippen molar-refractivity contribution in [2.75, 3.05) is 6.54 Å². The van der Waals surface area contributed by atoms with Gasteiger partial charge >= 0.3 is 6.18 Å². The van der Waals surface area contributed by atoms with Crippen LogP contribution in [0.1, 0.15) is 11.1 Å². The first kappa shape index (κ1) is 13.8. The molecule has 0 saturated heterocycles. The van der Waals surface area contributed by atoms with E-state index in [2.05, 4.69) is 5.32 Å². The van der Waals surface area contributed by atoms with Crippen LogP contribution in [0.4, 0.5) is 26.3 Å². The van der Waals surface area contributed by atoms with E-state index >= 15 is 0 Å². The molecule has 1 N–H and O–H groups in total. The van der Waals surface area contributed by atoms with Gasteiger partial charge in [0.05, 0.1) is 12.1 Å². The molecule has 0 fully saturated rings. The summed E-state index contributed by atoms with van der Waals surface area (Å²) >= 11 is 0. The average Bonchev–Trinajstić information content (AvgIpc) is 2.18. The zero-order valence-electron chi connectivity index (χ0n) is 8.49. The number of alkyl halides is 5. The van der Waals surface area contributed by atoms with Gasteiger partial charge in [0, 0.05) is 6.54 Å². The third-order valence-corrected chi connectivity index (χ3v) is 1.99. The molecule has 0 atom stereocenters. The normalized spacial score (nSPS) is 12.2. The van der Waals surface area contributed by atoms with Crippen LogP contribution in [0.15, 0.2) is 18.2 Å². The van der Waals surface area contributed by atoms with Gasteiger partial charge in [-0.15, -0.1) is 0 Å². The van der Waals surface area contributed by atoms with Crippen molar-refractivity contribution in [3.63, 3.8) is 0 Å². The summed E-state index contributed by atoms with van der Waals surface area (Å²) in [5.74, 6) is -1.02. The van der Waals surface area contributed by atoms with Gasteiger partial charge in [-0.2, -0.15) is 13.2 Å². The number of halogens is 6. The molecule has 1 aromatic rings. The predicted molar refractivity (Wildman–Crippen MR) is 49.1 cm³/mol. The van der Waals surface area contributed by atoms with E-state index in [0.29, 0.717) is 6.07 Å². The third kappa shape index (κ3) is 4.26. The molecular weight excluding hydrogens is 248 g/mol. The molecule has 0 unspecified atom stereocenters. The van der Waals surface area contributed by atoms with Gasteiger partial charge in [-0.05, 0) is 17.7 Å². The Hall–Kier alpha value is -1.24. The molecule has 0 radical (unpaired) electrons. The Kier molecular flexibility index (Phi) is 4.39. The number of hydrogen-bond donors (Lipinski definition) is 1. The minimum absolute atomic E-state index is 0.264. The summed E-state index contributed by atoms with van der Waals surface area (Å²) in [6, 6.07) is 2.13. The van der Waals surface area contributed by atoms with Crippen LogP contribution in [0.25, 0.3) is 0 Å². The Labute approximate surface area is 93.4 Å². The van der Waals surface area contributed by atoms with Gasteiger partial charge in [0.25, 0.3) is 6.43 Å². The highest BCUT2D eigenvalue weighted by molar-refractivity contribution is 5.30. The molecule has 7 heteroatoms. The minimum atomic E-state index is -4.70. The maximum atomic E-state index is 12.7. The molecule has 0 aromatic heterocycles. The SMILES string of the molecule is Fc1ccc(CNCC(F)F)c(C(F)(F)F)c1. The van der Waals surface area contributed by atoms with E-state index in [1.807, 2.05) is 0 Å². The summed E-state index contributed by atoms with van der Waals surface area (Å²) in [5, 5.41) is 2.16. The van der Waals surface area contributed by atoms with E-state index in [-0.39, 0.29) is 12.1 Å². The van der Waals surface area contributed by atoms with Crippen LogP contribution < -0.4 is 5.32 Å². The van der Waals surface area contributed by atoms with E-state index in [1.165, 1.54) is 0 Å². The van der Waals surface area contributed by atoms with Crippen LogP contribution in [0.3, 0.4) is 0 Å². The van der Waals surface area contributed by atoms with E-state index in [4.69, 9.17) is 0 Å². The van der Waals surface area contributed by atoms with E-state index in [9.17, 15) is 26.3 Å². The smallest absolute Gasteiger partial charge is 0.307 e. The first-order valence-corrected chi connectivity index (χ1v) is 4.65. The van der Waals surface area contributed by atoms with Gasteiger partial charge < -0.3 is 5.32 Å². The monoisotopic (exact) mass is 257 g/mol. The Balaban J connectivity index is 2.84. The van der Waals surface area contributed by atoms with E-state index < -0.39 is 30.5 Å². The second kappa shape index (κ2) is 5.39. The van der Waals surface area contributed by atoms with Crippen molar-refractivity contribution in [3.05, 3.63) is 35.1 Å². The van der Waals surface area contributed by atoms with Gasteiger partial charge in [-0.25, -0.2) is 13.2 Å². The molecule has 1 rings (SSSR count). The van der Waals surface area contributed by atoms with E-state index in [0.717, 1.165) is 12.1 Å². The molecule has 17 heavy (non-hydrogen) atoms. The highest BCUT2D eigenvalue weighted by Crippen LogP contribution is 2.32. The molecule has 0 bridgehead atoms. The Morgan fingerprint density at radius 3 is 2.35 bits per heavy atom. The van der Waals surface area contributed by atoms with Crippen molar-refractivity contribution in [3.8, 4) is 0 Å². The molecule has 0 heterocycles. The van der Waals surface area contributed by atoms with Crippen LogP contribution in [-0.4, -0.2) is 13.0 Å². The molecule has 0 spiro atoms. The summed E-state index contributed by atoms with van der Waals surface area (Å²) < 4.78 is 73.7. The molecule has 96 valence electrons. The van der Waals surface area contributed by atoms with Crippen LogP contribution in [-0.2, 0) is 12.7 Å². The molecule has 0 aliphatic heterocycles. The summed E-state index contributed by atoms with van der Waals surface area (Å²) in [4.78, 5) is 0. The molecular formula is C10H9F6N. The lowest BCUT2D eigenvalue weighted by Crippen LogP contribution is -2.22. The average molecular weight is 257 g/mol. The largest absolute Gasteiger partial charge is 0.416 e. The molecule has 0 saturated carbocycles. The lowest BCUT2D eigenvalue weighted by molar-refractivity contribution is -0.138. The van der Waals surface area contributed by atoms with Crippen molar-refractivity contribution in [1.82, 2.24) is 5.32 Å². The summed E-state index contributed by atoms with van der Waals surface area (Å²) in [6.07, 6.45) is -7.35. The third-order valence-electron chi connectivity index (χ3n) is 1.99. The lowest BCUT2D eigenvalue weighted by atomic mass is 10.1. The van der Waals surface area contributed by atoms with Crippen molar-refractivity contribution in [1.29, 1.82) is 0 Å². The topological polar surface area (TPSA) is 12.0 Å². The Bertz CT molecular complexity index is 374. The zero-order chi connectivity index (χ0) is 13.1. The van der Waals surface area contributed by atoms with Crippen molar-refractivity contribution in [2.24, 2.45) is 0 Å². The Morgan fingerprint density at radius 2 is 1.82 bits per heavy atom. The van der Waals surface area contributed by atoms with Crippen molar-refractivity contribution < 1.29 is 26.3 Å². The molecule has 0 aliphatic carbocycles. The number of nitrogens with one attached hydrogen (secondary N) is 1. The second-order valence-electron chi connectivity index (χ2n) is 3.32. The molecule has 0 aliphatic rings. The quantitative estimate of drug-likeness (QED) is 0.817. The minimum Gasteiger partial charge on any atom is -0.307 e. The number of hydrogen-bond acceptors (Lipinski definition) is 1. The van der Waals surface area contributed by atoms with Crippen molar-refractivity contribution in [2.45, 2.75) is 19.1 Å². The number of rotatable bonds is 4. The summed E-state index contributed by atoms with van der Waals surface area (Å²) in [7, 11) is 0. The fraction of sp³-hybridized carbons (Fsp3) is 0.400. The molecule has 0 amide bonds. The maximum Gasteiger partial charge on any atom is 0.416 e. The summed E-state index contributed by atoms with van der Waals surface area (Å²) in [5.41, 5.74) is -1.42. The van der Waals surface area contributed by atoms with Crippen molar-refractivity contribution >= 4 is 0 Å². The van der Waals surface area contributed by atoms with Gasteiger partial charge in [0.1, 0.15) is 5.82 Å². The number of benzene rings is 1. The highest BCUT2D eigenvalue weighted by Gasteiger charge is 2.33. The van der Waals surface area contributed by atoms with Crippen LogP contribution in [0, 0.1) is 5.82 Å². The van der Waals surface area contributed by atoms with Crippen LogP contribution >= 0.6 is 0 Å². The van der Waals surface area contributed by atoms with Gasteiger partial charge in [-0.3, -0.25) is 0 Å². The lowest BCUT2D eigenvalue weighted by Gasteiger charge is -2.13. The van der Waals surface area contributed by atoms with Gasteiger partial charge in [0.2, 0.25) is 0 Å². The van der Waals surface area contributed by atoms with E-state index in [1.54, 1.807) is 0 Å². The maximum absolute atomic E-state index is 12.7.